The van der Waals surface area contributed by atoms with Crippen molar-refractivity contribution in [3.8, 4) is 0 Å². The van der Waals surface area contributed by atoms with Gasteiger partial charge in [-0.25, -0.2) is 9.78 Å². The third-order valence-electron chi connectivity index (χ3n) is 7.83. The van der Waals surface area contributed by atoms with Crippen LogP contribution in [0.15, 0.2) is 88.6 Å². The number of aryl methyl sites for hydroxylation is 1. The minimum atomic E-state index is -2.00. The molecule has 1 atom stereocenters. The summed E-state index contributed by atoms with van der Waals surface area (Å²) in [5, 5.41) is 0.952. The van der Waals surface area contributed by atoms with Crippen LogP contribution >= 0.6 is 34.5 Å². The Kier molecular flexibility index (Phi) is 6.88. The first-order valence-corrected chi connectivity index (χ1v) is 15.3. The number of hydrogen-bond acceptors (Lipinski definition) is 8. The average molecular weight is 659 g/mol. The maximum Gasteiger partial charge on any atom is 0.350 e. The Balaban J connectivity index is 1.51. The van der Waals surface area contributed by atoms with Crippen molar-refractivity contribution in [2.45, 2.75) is 19.0 Å². The summed E-state index contributed by atoms with van der Waals surface area (Å²) < 4.78 is 11.3. The van der Waals surface area contributed by atoms with Crippen LogP contribution in [0.4, 0.5) is 10.8 Å². The van der Waals surface area contributed by atoms with Crippen LogP contribution in [0.2, 0.25) is 10.0 Å². The van der Waals surface area contributed by atoms with Crippen LogP contribution < -0.4 is 15.2 Å². The molecule has 7 rings (SSSR count). The van der Waals surface area contributed by atoms with Crippen LogP contribution in [0.1, 0.15) is 42.6 Å². The number of carbonyl (C=O) groups is 3. The van der Waals surface area contributed by atoms with E-state index in [1.165, 1.54) is 28.0 Å². The van der Waals surface area contributed by atoms with Gasteiger partial charge in [-0.2, -0.15) is 0 Å². The number of aromatic nitrogens is 1. The van der Waals surface area contributed by atoms with Crippen molar-refractivity contribution >= 4 is 74.1 Å². The van der Waals surface area contributed by atoms with Gasteiger partial charge in [0, 0.05) is 15.6 Å². The standard InChI is InChI=1S/C33H21Cl2N3O6S/c1-3-14-43-30(41)28-17(2)36-32(45-28)38-29(40)27-25(26(39)21-15-20(35)12-13-24(21)44-27)33(38)22-6-4-5-7-23(22)37(31(33)42)16-18-8-10-19(34)11-9-18/h3-13,15H,1,14,16H2,2H3. The monoisotopic (exact) mass is 657 g/mol. The first-order valence-electron chi connectivity index (χ1n) is 13.7. The summed E-state index contributed by atoms with van der Waals surface area (Å²) in [7, 11) is 0. The van der Waals surface area contributed by atoms with Crippen molar-refractivity contribution in [1.29, 1.82) is 0 Å². The molecule has 5 aromatic rings. The number of carbonyl (C=O) groups excluding carboxylic acids is 3. The van der Waals surface area contributed by atoms with Crippen molar-refractivity contribution < 1.29 is 23.5 Å². The van der Waals surface area contributed by atoms with Crippen LogP contribution in [0.3, 0.4) is 0 Å². The number of para-hydroxylation sites is 1. The van der Waals surface area contributed by atoms with Gasteiger partial charge in [0.2, 0.25) is 5.76 Å². The van der Waals surface area contributed by atoms with Gasteiger partial charge in [0.05, 0.1) is 28.9 Å². The number of thiazole rings is 1. The minimum absolute atomic E-state index is 0.0208. The Morgan fingerprint density at radius 1 is 1.07 bits per heavy atom. The van der Waals surface area contributed by atoms with E-state index in [2.05, 4.69) is 11.6 Å². The van der Waals surface area contributed by atoms with E-state index < -0.39 is 28.8 Å². The van der Waals surface area contributed by atoms with Crippen LogP contribution in [-0.2, 0) is 21.6 Å². The highest BCUT2D eigenvalue weighted by Crippen LogP contribution is 2.55. The fraction of sp³-hybridized carbons (Fsp3) is 0.121. The molecule has 2 amide bonds. The van der Waals surface area contributed by atoms with E-state index in [0.717, 1.165) is 16.9 Å². The summed E-state index contributed by atoms with van der Waals surface area (Å²) in [5.74, 6) is -2.28. The first-order chi connectivity index (χ1) is 21.7. The zero-order valence-corrected chi connectivity index (χ0v) is 25.8. The molecule has 0 radical (unpaired) electrons. The van der Waals surface area contributed by atoms with Crippen molar-refractivity contribution in [2.24, 2.45) is 0 Å². The molecule has 0 bridgehead atoms. The third-order valence-corrected chi connectivity index (χ3v) is 9.44. The molecule has 2 aromatic heterocycles. The Morgan fingerprint density at radius 2 is 1.80 bits per heavy atom. The number of nitrogens with zero attached hydrogens (tertiary/aromatic N) is 3. The van der Waals surface area contributed by atoms with Gasteiger partial charge in [0.15, 0.2) is 16.1 Å². The van der Waals surface area contributed by atoms with Crippen molar-refractivity contribution in [3.05, 3.63) is 133 Å². The molecule has 9 nitrogen and oxygen atoms in total. The number of rotatable bonds is 6. The molecule has 2 aliphatic rings. The maximum atomic E-state index is 15.0. The van der Waals surface area contributed by atoms with E-state index in [1.807, 2.05) is 0 Å². The normalized spacial score (nSPS) is 16.9. The molecular weight excluding hydrogens is 637 g/mol. The lowest BCUT2D eigenvalue weighted by Crippen LogP contribution is -2.53. The zero-order chi connectivity index (χ0) is 31.6. The van der Waals surface area contributed by atoms with Crippen LogP contribution in [0.25, 0.3) is 11.0 Å². The van der Waals surface area contributed by atoms with Crippen LogP contribution in [0, 0.1) is 6.92 Å². The Morgan fingerprint density at radius 3 is 2.56 bits per heavy atom. The number of benzene rings is 3. The Labute approximate surface area is 269 Å². The van der Waals surface area contributed by atoms with E-state index in [0.29, 0.717) is 16.3 Å². The summed E-state index contributed by atoms with van der Waals surface area (Å²) in [5.41, 5.74) is -0.669. The third kappa shape index (κ3) is 4.24. The largest absolute Gasteiger partial charge is 0.457 e. The number of ether oxygens (including phenoxy) is 1. The van der Waals surface area contributed by atoms with Gasteiger partial charge in [-0.3, -0.25) is 19.3 Å². The molecule has 0 N–H and O–H groups in total. The van der Waals surface area contributed by atoms with Gasteiger partial charge in [-0.1, -0.05) is 77.5 Å². The highest BCUT2D eigenvalue weighted by molar-refractivity contribution is 7.17. The lowest BCUT2D eigenvalue weighted by Gasteiger charge is -2.32. The minimum Gasteiger partial charge on any atom is -0.457 e. The lowest BCUT2D eigenvalue weighted by atomic mass is 9.84. The van der Waals surface area contributed by atoms with Gasteiger partial charge in [0.25, 0.3) is 11.8 Å². The Bertz CT molecular complexity index is 2160. The molecular formula is C33H21Cl2N3O6S. The van der Waals surface area contributed by atoms with E-state index in [-0.39, 0.29) is 56.2 Å². The highest BCUT2D eigenvalue weighted by atomic mass is 35.5. The molecule has 0 saturated carbocycles. The molecule has 12 heteroatoms. The second-order valence-electron chi connectivity index (χ2n) is 10.5. The molecule has 45 heavy (non-hydrogen) atoms. The summed E-state index contributed by atoms with van der Waals surface area (Å²) >= 11 is 13.3. The topological polar surface area (TPSA) is 110 Å². The van der Waals surface area contributed by atoms with E-state index in [9.17, 15) is 14.4 Å². The molecule has 0 saturated heterocycles. The predicted molar refractivity (Wildman–Crippen MR) is 171 cm³/mol. The molecule has 1 spiro atoms. The Hall–Kier alpha value is -4.77. The average Bonchev–Trinajstić information content (AvgIpc) is 3.62. The predicted octanol–water partition coefficient (Wildman–Crippen LogP) is 6.66. The number of hydrogen-bond donors (Lipinski definition) is 0. The smallest absolute Gasteiger partial charge is 0.350 e. The molecule has 0 fully saturated rings. The second kappa shape index (κ2) is 10.7. The van der Waals surface area contributed by atoms with Gasteiger partial charge >= 0.3 is 5.97 Å². The molecule has 224 valence electrons. The van der Waals surface area contributed by atoms with E-state index in [4.69, 9.17) is 32.4 Å². The molecule has 2 aliphatic heterocycles. The maximum absolute atomic E-state index is 15.0. The molecule has 0 aliphatic carbocycles. The quantitative estimate of drug-likeness (QED) is 0.148. The van der Waals surface area contributed by atoms with Gasteiger partial charge < -0.3 is 14.1 Å². The van der Waals surface area contributed by atoms with Crippen molar-refractivity contribution in [3.63, 3.8) is 0 Å². The van der Waals surface area contributed by atoms with E-state index in [1.54, 1.807) is 61.5 Å². The van der Waals surface area contributed by atoms with Crippen molar-refractivity contribution in [1.82, 2.24) is 4.98 Å². The fourth-order valence-corrected chi connectivity index (χ4v) is 7.24. The van der Waals surface area contributed by atoms with Crippen LogP contribution in [0.5, 0.6) is 0 Å². The number of anilines is 2. The molecule has 1 unspecified atom stereocenters. The van der Waals surface area contributed by atoms with Gasteiger partial charge in [0.1, 0.15) is 17.1 Å². The SMILES string of the molecule is C=CCOC(=O)c1sc(N2C(=O)c3oc4ccc(Cl)cc4c(=O)c3C23C(=O)N(Cc2ccc(Cl)cc2)c2ccccc23)nc1C. The van der Waals surface area contributed by atoms with E-state index >= 15 is 4.79 Å². The van der Waals surface area contributed by atoms with Crippen molar-refractivity contribution in [2.75, 3.05) is 16.4 Å². The number of amides is 2. The number of fused-ring (bicyclic) bond motifs is 5. The number of esters is 1. The zero-order valence-electron chi connectivity index (χ0n) is 23.5. The summed E-state index contributed by atoms with van der Waals surface area (Å²) in [6.07, 6.45) is 1.43. The lowest BCUT2D eigenvalue weighted by molar-refractivity contribution is -0.121. The summed E-state index contributed by atoms with van der Waals surface area (Å²) in [6.45, 7) is 5.26. The van der Waals surface area contributed by atoms with Gasteiger partial charge in [-0.15, -0.1) is 0 Å². The molecule has 3 aromatic carbocycles. The number of halogens is 2. The van der Waals surface area contributed by atoms with Crippen LogP contribution in [-0.4, -0.2) is 29.4 Å². The second-order valence-corrected chi connectivity index (χ2v) is 12.3. The fourth-order valence-electron chi connectivity index (χ4n) is 5.93. The first kappa shape index (κ1) is 29.0. The summed E-state index contributed by atoms with van der Waals surface area (Å²) in [6, 6.07) is 18.5. The summed E-state index contributed by atoms with van der Waals surface area (Å²) in [4.78, 5) is 64.2. The van der Waals surface area contributed by atoms with Gasteiger partial charge in [-0.05, 0) is 48.9 Å². The highest BCUT2D eigenvalue weighted by Gasteiger charge is 2.66. The molecule has 4 heterocycles.